The minimum atomic E-state index is -1.54. The largest absolute Gasteiger partial charge is 1.00 e. The zero-order chi connectivity index (χ0) is 9.03. The van der Waals surface area contributed by atoms with E-state index in [-0.39, 0.29) is 18.9 Å². The zero-order valence-corrected chi connectivity index (χ0v) is 10.1. The van der Waals surface area contributed by atoms with Crippen LogP contribution in [0.25, 0.3) is 0 Å². The predicted molar refractivity (Wildman–Crippen MR) is 58.7 cm³/mol. The Hall–Kier alpha value is -0.186. The zero-order valence-electron chi connectivity index (χ0n) is 8.29. The molecule has 0 nitrogen and oxygen atoms in total. The summed E-state index contributed by atoms with van der Waals surface area (Å²) in [6, 6.07) is 10.4. The Balaban J connectivity index is 0.00000144. The van der Waals surface area contributed by atoms with Gasteiger partial charge in [0.1, 0.15) is 0 Å². The van der Waals surface area contributed by atoms with Crippen molar-refractivity contribution >= 4 is 25.9 Å². The van der Waals surface area contributed by atoms with Crippen LogP contribution in [0.2, 0.25) is 13.1 Å². The minimum Gasteiger partial charge on any atom is -0.725 e. The summed E-state index contributed by atoms with van der Waals surface area (Å²) in [5, 5.41) is 3.95. The molecule has 0 radical (unpaired) electrons. The molecule has 0 aliphatic rings. The SMILES string of the molecule is C[Si](C)(C#C[S-])c1ccccc1.[Li+]. The maximum atomic E-state index is 4.67. The predicted octanol–water partition coefficient (Wildman–Crippen LogP) is -1.35. The maximum Gasteiger partial charge on any atom is 1.00 e. The van der Waals surface area contributed by atoms with Gasteiger partial charge in [-0.25, -0.2) is 0 Å². The summed E-state index contributed by atoms with van der Waals surface area (Å²) >= 11 is 4.67. The van der Waals surface area contributed by atoms with Crippen molar-refractivity contribution in [1.82, 2.24) is 0 Å². The molecule has 0 aromatic heterocycles. The third kappa shape index (κ3) is 3.59. The molecule has 62 valence electrons. The van der Waals surface area contributed by atoms with Gasteiger partial charge in [0, 0.05) is 0 Å². The number of hydrogen-bond donors (Lipinski definition) is 0. The molecule has 3 heteroatoms. The van der Waals surface area contributed by atoms with E-state index in [0.717, 1.165) is 0 Å². The first-order valence-corrected chi connectivity index (χ1v) is 7.27. The van der Waals surface area contributed by atoms with Crippen molar-refractivity contribution < 1.29 is 18.9 Å². The monoisotopic (exact) mass is 198 g/mol. The minimum absolute atomic E-state index is 0. The van der Waals surface area contributed by atoms with Crippen molar-refractivity contribution in [2.45, 2.75) is 13.1 Å². The summed E-state index contributed by atoms with van der Waals surface area (Å²) in [5.74, 6) is 0. The third-order valence-corrected chi connectivity index (χ3v) is 4.67. The van der Waals surface area contributed by atoms with Gasteiger partial charge < -0.3 is 12.6 Å². The first-order valence-electron chi connectivity index (χ1n) is 3.86. The van der Waals surface area contributed by atoms with Crippen LogP contribution in [0.3, 0.4) is 0 Å². The average molecular weight is 198 g/mol. The Labute approximate surface area is 98.7 Å². The summed E-state index contributed by atoms with van der Waals surface area (Å²) in [7, 11) is -1.54. The fraction of sp³-hybridized carbons (Fsp3) is 0.200. The van der Waals surface area contributed by atoms with Crippen molar-refractivity contribution in [3.8, 4) is 10.8 Å². The Kier molecular flexibility index (Phi) is 5.45. The molecular weight excluding hydrogens is 187 g/mol. The van der Waals surface area contributed by atoms with Crippen molar-refractivity contribution in [2.24, 2.45) is 0 Å². The molecule has 0 saturated heterocycles. The van der Waals surface area contributed by atoms with Crippen LogP contribution in [0.1, 0.15) is 0 Å². The van der Waals surface area contributed by atoms with E-state index < -0.39 is 8.07 Å². The van der Waals surface area contributed by atoms with Crippen molar-refractivity contribution in [1.29, 1.82) is 0 Å². The first-order chi connectivity index (χ1) is 5.67. The fourth-order valence-corrected chi connectivity index (χ4v) is 3.25. The quantitative estimate of drug-likeness (QED) is 0.305. The standard InChI is InChI=1S/C10H12SSi.Li/c1-12(2,9-8-11)10-6-4-3-5-7-10;/h3-7,11H,1-2H3;/q;+1/p-1. The summed E-state index contributed by atoms with van der Waals surface area (Å²) in [4.78, 5) is 0. The molecule has 1 aromatic carbocycles. The van der Waals surface area contributed by atoms with Gasteiger partial charge in [-0.05, 0) is 5.19 Å². The smallest absolute Gasteiger partial charge is 0.725 e. The molecule has 1 aromatic rings. The van der Waals surface area contributed by atoms with Crippen LogP contribution < -0.4 is 24.0 Å². The normalized spacial score (nSPS) is 9.38. The summed E-state index contributed by atoms with van der Waals surface area (Å²) < 4.78 is 0. The van der Waals surface area contributed by atoms with Gasteiger partial charge in [-0.3, -0.25) is 5.25 Å². The van der Waals surface area contributed by atoms with Crippen molar-refractivity contribution in [3.63, 3.8) is 0 Å². The summed E-state index contributed by atoms with van der Waals surface area (Å²) in [5.41, 5.74) is 3.14. The van der Waals surface area contributed by atoms with Crippen molar-refractivity contribution in [2.75, 3.05) is 0 Å². The van der Waals surface area contributed by atoms with Gasteiger partial charge in [-0.1, -0.05) is 43.4 Å². The van der Waals surface area contributed by atoms with E-state index in [1.54, 1.807) is 0 Å². The fourth-order valence-electron chi connectivity index (χ4n) is 1.05. The molecule has 0 spiro atoms. The van der Waals surface area contributed by atoms with E-state index in [1.165, 1.54) is 5.19 Å². The summed E-state index contributed by atoms with van der Waals surface area (Å²) in [6.07, 6.45) is 0. The van der Waals surface area contributed by atoms with Crippen LogP contribution in [0.15, 0.2) is 30.3 Å². The van der Waals surface area contributed by atoms with Crippen LogP contribution in [0.5, 0.6) is 0 Å². The second-order valence-corrected chi connectivity index (χ2v) is 7.50. The first kappa shape index (κ1) is 12.8. The van der Waals surface area contributed by atoms with Crippen LogP contribution in [0, 0.1) is 10.8 Å². The van der Waals surface area contributed by atoms with E-state index in [2.05, 4.69) is 60.8 Å². The number of hydrogen-bond acceptors (Lipinski definition) is 1. The van der Waals surface area contributed by atoms with Gasteiger partial charge in [0.2, 0.25) is 0 Å². The molecule has 0 N–H and O–H groups in total. The average Bonchev–Trinajstić information content (AvgIpc) is 2.06. The Morgan fingerprint density at radius 1 is 1.15 bits per heavy atom. The second kappa shape index (κ2) is 5.52. The third-order valence-electron chi connectivity index (χ3n) is 1.86. The molecule has 13 heavy (non-hydrogen) atoms. The van der Waals surface area contributed by atoms with Gasteiger partial charge in [-0.2, -0.15) is 0 Å². The molecule has 0 saturated carbocycles. The molecule has 0 heterocycles. The number of rotatable bonds is 1. The molecule has 0 unspecified atom stereocenters. The van der Waals surface area contributed by atoms with Gasteiger partial charge in [0.15, 0.2) is 8.07 Å². The maximum absolute atomic E-state index is 4.67. The summed E-state index contributed by atoms with van der Waals surface area (Å²) in [6.45, 7) is 4.42. The molecule has 1 rings (SSSR count). The molecule has 0 aliphatic carbocycles. The Bertz CT molecular complexity index is 311. The van der Waals surface area contributed by atoms with E-state index >= 15 is 0 Å². The van der Waals surface area contributed by atoms with Crippen LogP contribution in [-0.4, -0.2) is 8.07 Å². The van der Waals surface area contributed by atoms with E-state index in [1.807, 2.05) is 6.07 Å². The van der Waals surface area contributed by atoms with E-state index in [4.69, 9.17) is 0 Å². The van der Waals surface area contributed by atoms with E-state index in [9.17, 15) is 0 Å². The molecule has 0 amide bonds. The van der Waals surface area contributed by atoms with Crippen LogP contribution >= 0.6 is 0 Å². The molecule has 0 atom stereocenters. The van der Waals surface area contributed by atoms with Gasteiger partial charge in [0.05, 0.1) is 0 Å². The van der Waals surface area contributed by atoms with Crippen LogP contribution in [-0.2, 0) is 12.6 Å². The van der Waals surface area contributed by atoms with Crippen molar-refractivity contribution in [3.05, 3.63) is 30.3 Å². The topological polar surface area (TPSA) is 0 Å². The van der Waals surface area contributed by atoms with Gasteiger partial charge in [0.25, 0.3) is 0 Å². The number of benzene rings is 1. The Morgan fingerprint density at radius 2 is 1.69 bits per heavy atom. The second-order valence-electron chi connectivity index (χ2n) is 3.22. The van der Waals surface area contributed by atoms with Gasteiger partial charge >= 0.3 is 18.9 Å². The van der Waals surface area contributed by atoms with Gasteiger partial charge in [-0.15, -0.1) is 5.54 Å². The molecule has 0 bridgehead atoms. The van der Waals surface area contributed by atoms with Crippen LogP contribution in [0.4, 0.5) is 0 Å². The molecule has 0 aliphatic heterocycles. The Morgan fingerprint density at radius 3 is 2.15 bits per heavy atom. The molecule has 0 fully saturated rings. The molecular formula is C10H11LiSSi. The van der Waals surface area contributed by atoms with E-state index in [0.29, 0.717) is 0 Å².